The van der Waals surface area contributed by atoms with E-state index in [1.165, 1.54) is 5.56 Å². The second-order valence-electron chi connectivity index (χ2n) is 8.75. The van der Waals surface area contributed by atoms with Crippen molar-refractivity contribution in [2.24, 2.45) is 0 Å². The van der Waals surface area contributed by atoms with Gasteiger partial charge in [0.15, 0.2) is 6.61 Å². The number of carbonyl (C=O) groups excluding carboxylic acids is 1. The number of aryl methyl sites for hydroxylation is 1. The third-order valence-corrected chi connectivity index (χ3v) is 6.11. The van der Waals surface area contributed by atoms with Gasteiger partial charge in [-0.15, -0.1) is 0 Å². The SMILES string of the molecule is Cc1cccc(OCC(=O)N2CCN(Cc3cccc(-c4noc(-c5ccccc5)n4)c3)CC2)c1. The van der Waals surface area contributed by atoms with Crippen LogP contribution >= 0.6 is 0 Å². The van der Waals surface area contributed by atoms with Crippen LogP contribution in [0.25, 0.3) is 22.8 Å². The van der Waals surface area contributed by atoms with Gasteiger partial charge in [0.1, 0.15) is 5.75 Å². The molecule has 3 aromatic carbocycles. The van der Waals surface area contributed by atoms with E-state index in [-0.39, 0.29) is 12.5 Å². The van der Waals surface area contributed by atoms with Gasteiger partial charge in [0.2, 0.25) is 5.82 Å². The molecular formula is C28H28N4O3. The molecule has 0 atom stereocenters. The first kappa shape index (κ1) is 22.8. The topological polar surface area (TPSA) is 71.7 Å². The van der Waals surface area contributed by atoms with Gasteiger partial charge < -0.3 is 14.2 Å². The third-order valence-electron chi connectivity index (χ3n) is 6.11. The van der Waals surface area contributed by atoms with Gasteiger partial charge in [0.25, 0.3) is 11.8 Å². The van der Waals surface area contributed by atoms with E-state index < -0.39 is 0 Å². The number of rotatable bonds is 7. The molecule has 4 aromatic rings. The van der Waals surface area contributed by atoms with Crippen LogP contribution in [0.1, 0.15) is 11.1 Å². The molecule has 1 fully saturated rings. The maximum absolute atomic E-state index is 12.6. The number of aromatic nitrogens is 2. The molecule has 1 aromatic heterocycles. The third kappa shape index (κ3) is 5.75. The van der Waals surface area contributed by atoms with E-state index in [1.807, 2.05) is 78.6 Å². The van der Waals surface area contributed by atoms with E-state index in [0.717, 1.165) is 42.1 Å². The van der Waals surface area contributed by atoms with Crippen molar-refractivity contribution >= 4 is 5.91 Å². The van der Waals surface area contributed by atoms with Gasteiger partial charge in [-0.2, -0.15) is 4.98 Å². The fourth-order valence-corrected chi connectivity index (χ4v) is 4.20. The number of carbonyl (C=O) groups is 1. The van der Waals surface area contributed by atoms with Gasteiger partial charge >= 0.3 is 0 Å². The quantitative estimate of drug-likeness (QED) is 0.400. The molecule has 0 aliphatic carbocycles. The summed E-state index contributed by atoms with van der Waals surface area (Å²) in [6, 6.07) is 25.7. The second kappa shape index (κ2) is 10.5. The normalized spacial score (nSPS) is 14.1. The van der Waals surface area contributed by atoms with E-state index in [9.17, 15) is 4.79 Å². The van der Waals surface area contributed by atoms with E-state index >= 15 is 0 Å². The summed E-state index contributed by atoms with van der Waals surface area (Å²) >= 11 is 0. The van der Waals surface area contributed by atoms with Crippen molar-refractivity contribution in [2.45, 2.75) is 13.5 Å². The van der Waals surface area contributed by atoms with Crippen molar-refractivity contribution in [3.63, 3.8) is 0 Å². The zero-order valence-corrected chi connectivity index (χ0v) is 19.8. The average Bonchev–Trinajstić information content (AvgIpc) is 3.39. The van der Waals surface area contributed by atoms with Crippen LogP contribution in [-0.2, 0) is 11.3 Å². The fourth-order valence-electron chi connectivity index (χ4n) is 4.20. The Morgan fingerprint density at radius 3 is 2.49 bits per heavy atom. The predicted molar refractivity (Wildman–Crippen MR) is 134 cm³/mol. The molecular weight excluding hydrogens is 440 g/mol. The first-order chi connectivity index (χ1) is 17.1. The van der Waals surface area contributed by atoms with E-state index in [4.69, 9.17) is 9.26 Å². The lowest BCUT2D eigenvalue weighted by Crippen LogP contribution is -2.49. The summed E-state index contributed by atoms with van der Waals surface area (Å²) in [7, 11) is 0. The number of amides is 1. The summed E-state index contributed by atoms with van der Waals surface area (Å²) in [5, 5.41) is 4.17. The van der Waals surface area contributed by atoms with Crippen LogP contribution in [0.5, 0.6) is 5.75 Å². The lowest BCUT2D eigenvalue weighted by molar-refractivity contribution is -0.135. The second-order valence-corrected chi connectivity index (χ2v) is 8.75. The van der Waals surface area contributed by atoms with E-state index in [2.05, 4.69) is 27.2 Å². The molecule has 35 heavy (non-hydrogen) atoms. The molecule has 2 heterocycles. The van der Waals surface area contributed by atoms with Gasteiger partial charge in [0.05, 0.1) is 0 Å². The standard InChI is InChI=1S/C28H28N4O3/c1-21-7-5-12-25(17-21)34-20-26(33)32-15-13-31(14-16-32)19-22-8-6-11-24(18-22)27-29-28(35-30-27)23-9-3-2-4-10-23/h2-12,17-18H,13-16,19-20H2,1H3. The number of benzene rings is 3. The van der Waals surface area contributed by atoms with Crippen LogP contribution in [0.3, 0.4) is 0 Å². The highest BCUT2D eigenvalue weighted by molar-refractivity contribution is 5.77. The molecule has 5 rings (SSSR count). The molecule has 1 aliphatic rings. The van der Waals surface area contributed by atoms with Crippen LogP contribution in [0.2, 0.25) is 0 Å². The first-order valence-corrected chi connectivity index (χ1v) is 11.8. The summed E-state index contributed by atoms with van der Waals surface area (Å²) in [5.74, 6) is 1.85. The molecule has 1 amide bonds. The smallest absolute Gasteiger partial charge is 0.260 e. The first-order valence-electron chi connectivity index (χ1n) is 11.8. The van der Waals surface area contributed by atoms with Gasteiger partial charge in [-0.05, 0) is 48.4 Å². The monoisotopic (exact) mass is 468 g/mol. The Hall–Kier alpha value is -3.97. The van der Waals surface area contributed by atoms with Gasteiger partial charge in [0, 0.05) is 43.9 Å². The minimum Gasteiger partial charge on any atom is -0.484 e. The van der Waals surface area contributed by atoms with Crippen molar-refractivity contribution in [1.82, 2.24) is 19.9 Å². The Morgan fingerprint density at radius 1 is 0.914 bits per heavy atom. The van der Waals surface area contributed by atoms with Gasteiger partial charge in [-0.1, -0.05) is 53.7 Å². The highest BCUT2D eigenvalue weighted by atomic mass is 16.5. The number of piperazine rings is 1. The summed E-state index contributed by atoms with van der Waals surface area (Å²) in [4.78, 5) is 21.4. The Balaban J connectivity index is 1.14. The van der Waals surface area contributed by atoms with Crippen LogP contribution in [-0.4, -0.2) is 58.6 Å². The van der Waals surface area contributed by atoms with E-state index in [0.29, 0.717) is 24.8 Å². The molecule has 0 N–H and O–H groups in total. The molecule has 178 valence electrons. The minimum absolute atomic E-state index is 0.0273. The number of nitrogens with zero attached hydrogens (tertiary/aromatic N) is 4. The highest BCUT2D eigenvalue weighted by Gasteiger charge is 2.22. The maximum atomic E-state index is 12.6. The van der Waals surface area contributed by atoms with Gasteiger partial charge in [-0.3, -0.25) is 9.69 Å². The lowest BCUT2D eigenvalue weighted by Gasteiger charge is -2.34. The molecule has 1 saturated heterocycles. The summed E-state index contributed by atoms with van der Waals surface area (Å²) in [5.41, 5.74) is 4.12. The van der Waals surface area contributed by atoms with E-state index in [1.54, 1.807) is 0 Å². The molecule has 0 unspecified atom stereocenters. The van der Waals surface area contributed by atoms with Crippen LogP contribution in [0.15, 0.2) is 83.4 Å². The Morgan fingerprint density at radius 2 is 1.69 bits per heavy atom. The summed E-state index contributed by atoms with van der Waals surface area (Å²) in [6.45, 7) is 5.91. The average molecular weight is 469 g/mol. The number of hydrogen-bond donors (Lipinski definition) is 0. The largest absolute Gasteiger partial charge is 0.484 e. The predicted octanol–water partition coefficient (Wildman–Crippen LogP) is 4.44. The summed E-state index contributed by atoms with van der Waals surface area (Å²) < 4.78 is 11.1. The van der Waals surface area contributed by atoms with Crippen LogP contribution in [0.4, 0.5) is 0 Å². The van der Waals surface area contributed by atoms with Crippen molar-refractivity contribution in [1.29, 1.82) is 0 Å². The summed E-state index contributed by atoms with van der Waals surface area (Å²) in [6.07, 6.45) is 0. The van der Waals surface area contributed by atoms with Crippen molar-refractivity contribution in [3.8, 4) is 28.6 Å². The number of ether oxygens (including phenoxy) is 1. The Labute approximate surface area is 204 Å². The Bertz CT molecular complexity index is 1280. The molecule has 7 heteroatoms. The lowest BCUT2D eigenvalue weighted by atomic mass is 10.1. The molecule has 0 radical (unpaired) electrons. The zero-order chi connectivity index (χ0) is 24.0. The minimum atomic E-state index is 0.0273. The molecule has 0 saturated carbocycles. The molecule has 1 aliphatic heterocycles. The fraction of sp³-hybridized carbons (Fsp3) is 0.250. The Kier molecular flexibility index (Phi) is 6.86. The van der Waals surface area contributed by atoms with Crippen molar-refractivity contribution in [2.75, 3.05) is 32.8 Å². The van der Waals surface area contributed by atoms with Crippen molar-refractivity contribution < 1.29 is 14.1 Å². The maximum Gasteiger partial charge on any atom is 0.260 e. The number of hydrogen-bond acceptors (Lipinski definition) is 6. The highest BCUT2D eigenvalue weighted by Crippen LogP contribution is 2.23. The van der Waals surface area contributed by atoms with Crippen LogP contribution < -0.4 is 4.74 Å². The zero-order valence-electron chi connectivity index (χ0n) is 19.8. The van der Waals surface area contributed by atoms with Crippen LogP contribution in [0, 0.1) is 6.92 Å². The van der Waals surface area contributed by atoms with Crippen molar-refractivity contribution in [3.05, 3.63) is 90.0 Å². The molecule has 0 bridgehead atoms. The van der Waals surface area contributed by atoms with Gasteiger partial charge in [-0.25, -0.2) is 0 Å². The molecule has 7 nitrogen and oxygen atoms in total. The molecule has 0 spiro atoms.